The Hall–Kier alpha value is -4.71. The Morgan fingerprint density at radius 2 is 1.57 bits per heavy atom. The van der Waals surface area contributed by atoms with Crippen LogP contribution < -0.4 is 15.4 Å². The molecule has 6 heteroatoms. The largest absolute Gasteiger partial charge is 0.454 e. The van der Waals surface area contributed by atoms with Gasteiger partial charge in [0.05, 0.1) is 17.4 Å². The molecule has 0 radical (unpaired) electrons. The monoisotopic (exact) mass is 532 g/mol. The second-order valence-electron chi connectivity index (χ2n) is 11.1. The average molecular weight is 533 g/mol. The molecule has 1 unspecified atom stereocenters. The van der Waals surface area contributed by atoms with Crippen LogP contribution >= 0.6 is 0 Å². The fraction of sp³-hybridized carbons (Fsp3) is 0.176. The highest BCUT2D eigenvalue weighted by Crippen LogP contribution is 2.46. The van der Waals surface area contributed by atoms with Crippen LogP contribution in [0.15, 0.2) is 108 Å². The van der Waals surface area contributed by atoms with Crippen LogP contribution in [0.5, 0.6) is 11.5 Å². The van der Waals surface area contributed by atoms with Crippen LogP contribution in [0.2, 0.25) is 0 Å². The summed E-state index contributed by atoms with van der Waals surface area (Å²) in [6.07, 6.45) is 1.05. The third-order valence-electron chi connectivity index (χ3n) is 7.37. The van der Waals surface area contributed by atoms with Gasteiger partial charge in [0, 0.05) is 28.8 Å². The molecule has 0 aromatic heterocycles. The van der Waals surface area contributed by atoms with Crippen molar-refractivity contribution in [2.45, 2.75) is 32.7 Å². The summed E-state index contributed by atoms with van der Waals surface area (Å²) in [4.78, 5) is 26.8. The molecule has 2 N–H and O–H groups in total. The molecule has 0 fully saturated rings. The van der Waals surface area contributed by atoms with Gasteiger partial charge in [-0.15, -0.1) is 0 Å². The molecule has 2 aliphatic rings. The maximum absolute atomic E-state index is 14.8. The number of ether oxygens (including phenoxy) is 1. The van der Waals surface area contributed by atoms with Crippen LogP contribution in [-0.4, -0.2) is 11.6 Å². The lowest BCUT2D eigenvalue weighted by Gasteiger charge is -2.34. The van der Waals surface area contributed by atoms with E-state index in [1.165, 1.54) is 6.07 Å². The van der Waals surface area contributed by atoms with Crippen molar-refractivity contribution in [2.75, 3.05) is 10.6 Å². The molecule has 1 atom stereocenters. The standard InChI is InChI=1S/C34H29FN2O3/c1-34(2)19-28-31(29(38)20-34)32(22-13-15-25(35)30(18-22)40-24-11-7-4-8-12-24)37-26-16-14-23(17-27(26)36-28)33(39)21-9-5-3-6-10-21/h3-18,32,36-37H,19-20H2,1-2H3. The third kappa shape index (κ3) is 5.00. The van der Waals surface area contributed by atoms with E-state index in [0.29, 0.717) is 46.5 Å². The van der Waals surface area contributed by atoms with Crippen molar-refractivity contribution in [3.05, 3.63) is 131 Å². The van der Waals surface area contributed by atoms with Crippen molar-refractivity contribution in [3.63, 3.8) is 0 Å². The summed E-state index contributed by atoms with van der Waals surface area (Å²) in [5, 5.41) is 7.02. The quantitative estimate of drug-likeness (QED) is 0.254. The SMILES string of the molecule is CC1(C)CC(=O)C2=C(C1)Nc1cc(C(=O)c3ccccc3)ccc1NC2c1ccc(F)c(Oc2ccccc2)c1. The fourth-order valence-electron chi connectivity index (χ4n) is 5.49. The third-order valence-corrected chi connectivity index (χ3v) is 7.37. The molecule has 4 aromatic rings. The van der Waals surface area contributed by atoms with E-state index in [1.807, 2.05) is 48.5 Å². The first-order valence-electron chi connectivity index (χ1n) is 13.3. The Morgan fingerprint density at radius 3 is 2.33 bits per heavy atom. The number of hydrogen-bond acceptors (Lipinski definition) is 5. The summed E-state index contributed by atoms with van der Waals surface area (Å²) in [5.41, 5.74) is 4.48. The maximum atomic E-state index is 14.8. The summed E-state index contributed by atoms with van der Waals surface area (Å²) in [6, 6.07) is 27.8. The fourth-order valence-corrected chi connectivity index (χ4v) is 5.49. The topological polar surface area (TPSA) is 67.4 Å². The molecule has 0 saturated carbocycles. The number of para-hydroxylation sites is 1. The molecule has 40 heavy (non-hydrogen) atoms. The van der Waals surface area contributed by atoms with Gasteiger partial charge in [-0.1, -0.05) is 68.4 Å². The zero-order chi connectivity index (χ0) is 27.9. The number of rotatable bonds is 5. The zero-order valence-corrected chi connectivity index (χ0v) is 22.3. The van der Waals surface area contributed by atoms with Gasteiger partial charge in [-0.2, -0.15) is 0 Å². The molecule has 0 spiro atoms. The first-order chi connectivity index (χ1) is 19.3. The number of carbonyl (C=O) groups is 2. The lowest BCUT2D eigenvalue weighted by atomic mass is 9.73. The molecule has 0 amide bonds. The van der Waals surface area contributed by atoms with Crippen molar-refractivity contribution < 1.29 is 18.7 Å². The van der Waals surface area contributed by atoms with E-state index in [2.05, 4.69) is 24.5 Å². The summed E-state index contributed by atoms with van der Waals surface area (Å²) in [7, 11) is 0. The zero-order valence-electron chi connectivity index (χ0n) is 22.3. The van der Waals surface area contributed by atoms with E-state index in [1.54, 1.807) is 42.5 Å². The van der Waals surface area contributed by atoms with Crippen molar-refractivity contribution in [3.8, 4) is 11.5 Å². The number of carbonyl (C=O) groups excluding carboxylic acids is 2. The average Bonchev–Trinajstić information content (AvgIpc) is 3.10. The number of allylic oxidation sites excluding steroid dienone is 1. The van der Waals surface area contributed by atoms with Crippen LogP contribution in [0, 0.1) is 11.2 Å². The van der Waals surface area contributed by atoms with Crippen LogP contribution in [0.3, 0.4) is 0 Å². The second kappa shape index (κ2) is 10.1. The minimum Gasteiger partial charge on any atom is -0.454 e. The van der Waals surface area contributed by atoms with Crippen LogP contribution in [-0.2, 0) is 4.79 Å². The van der Waals surface area contributed by atoms with Gasteiger partial charge in [-0.25, -0.2) is 4.39 Å². The van der Waals surface area contributed by atoms with E-state index in [-0.39, 0.29) is 22.7 Å². The minimum absolute atomic E-state index is 0.0273. The van der Waals surface area contributed by atoms with Gasteiger partial charge in [0.1, 0.15) is 5.75 Å². The molecular formula is C34H29FN2O3. The molecular weight excluding hydrogens is 503 g/mol. The molecule has 4 aromatic carbocycles. The molecule has 200 valence electrons. The van der Waals surface area contributed by atoms with Gasteiger partial charge in [-0.05, 0) is 59.9 Å². The summed E-state index contributed by atoms with van der Waals surface area (Å²) in [6.45, 7) is 4.15. The van der Waals surface area contributed by atoms with Gasteiger partial charge in [0.2, 0.25) is 0 Å². The van der Waals surface area contributed by atoms with Gasteiger partial charge in [0.15, 0.2) is 23.1 Å². The molecule has 1 heterocycles. The van der Waals surface area contributed by atoms with Crippen LogP contribution in [0.4, 0.5) is 15.8 Å². The Balaban J connectivity index is 1.43. The van der Waals surface area contributed by atoms with E-state index in [4.69, 9.17) is 4.74 Å². The Bertz CT molecular complexity index is 1640. The first kappa shape index (κ1) is 25.6. The lowest BCUT2D eigenvalue weighted by molar-refractivity contribution is -0.118. The molecule has 6 rings (SSSR count). The number of hydrogen-bond donors (Lipinski definition) is 2. The van der Waals surface area contributed by atoms with E-state index >= 15 is 0 Å². The van der Waals surface area contributed by atoms with E-state index in [9.17, 15) is 14.0 Å². The molecule has 0 bridgehead atoms. The van der Waals surface area contributed by atoms with Crippen molar-refractivity contribution in [1.82, 2.24) is 0 Å². The van der Waals surface area contributed by atoms with E-state index < -0.39 is 11.9 Å². The Labute approximate surface area is 232 Å². The number of halogens is 1. The highest BCUT2D eigenvalue weighted by Gasteiger charge is 2.39. The molecule has 1 aliphatic heterocycles. The maximum Gasteiger partial charge on any atom is 0.193 e. The van der Waals surface area contributed by atoms with Gasteiger partial charge >= 0.3 is 0 Å². The number of fused-ring (bicyclic) bond motifs is 1. The van der Waals surface area contributed by atoms with E-state index in [0.717, 1.165) is 11.4 Å². The van der Waals surface area contributed by atoms with Crippen molar-refractivity contribution in [1.29, 1.82) is 0 Å². The number of nitrogens with one attached hydrogen (secondary N) is 2. The highest BCUT2D eigenvalue weighted by atomic mass is 19.1. The minimum atomic E-state index is -0.540. The van der Waals surface area contributed by atoms with Crippen molar-refractivity contribution >= 4 is 22.9 Å². The predicted molar refractivity (Wildman–Crippen MR) is 154 cm³/mol. The summed E-state index contributed by atoms with van der Waals surface area (Å²) < 4.78 is 20.7. The second-order valence-corrected chi connectivity index (χ2v) is 11.1. The predicted octanol–water partition coefficient (Wildman–Crippen LogP) is 8.07. The molecule has 1 aliphatic carbocycles. The van der Waals surface area contributed by atoms with Crippen molar-refractivity contribution in [2.24, 2.45) is 5.41 Å². The van der Waals surface area contributed by atoms with Gasteiger partial charge in [0.25, 0.3) is 0 Å². The molecule has 0 saturated heterocycles. The normalized spacial score (nSPS) is 17.6. The Kier molecular flexibility index (Phi) is 6.46. The number of anilines is 2. The number of Topliss-reactive ketones (excluding diaryl/α,β-unsaturated/α-hetero) is 1. The lowest BCUT2D eigenvalue weighted by Crippen LogP contribution is -2.31. The molecule has 5 nitrogen and oxygen atoms in total. The van der Waals surface area contributed by atoms with Crippen LogP contribution in [0.1, 0.15) is 54.2 Å². The Morgan fingerprint density at radius 1 is 0.850 bits per heavy atom. The first-order valence-corrected chi connectivity index (χ1v) is 13.3. The smallest absolute Gasteiger partial charge is 0.193 e. The van der Waals surface area contributed by atoms with Gasteiger partial charge < -0.3 is 15.4 Å². The number of ketones is 2. The highest BCUT2D eigenvalue weighted by molar-refractivity contribution is 6.10. The van der Waals surface area contributed by atoms with Crippen LogP contribution in [0.25, 0.3) is 0 Å². The van der Waals surface area contributed by atoms with Gasteiger partial charge in [-0.3, -0.25) is 9.59 Å². The summed E-state index contributed by atoms with van der Waals surface area (Å²) in [5.74, 6) is 0.0537. The summed E-state index contributed by atoms with van der Waals surface area (Å²) >= 11 is 0. The number of benzene rings is 4.